The van der Waals surface area contributed by atoms with Gasteiger partial charge >= 0.3 is 5.97 Å². The molecule has 0 saturated heterocycles. The number of carbonyl (C=O) groups is 1. The van der Waals surface area contributed by atoms with Crippen molar-refractivity contribution >= 4 is 28.9 Å². The van der Waals surface area contributed by atoms with Crippen molar-refractivity contribution in [1.82, 2.24) is 4.98 Å². The summed E-state index contributed by atoms with van der Waals surface area (Å²) < 4.78 is 5.08. The van der Waals surface area contributed by atoms with E-state index in [1.807, 2.05) is 25.1 Å². The van der Waals surface area contributed by atoms with Crippen molar-refractivity contribution in [3.8, 4) is 16.3 Å². The topological polar surface area (TPSA) is 39.2 Å². The lowest BCUT2D eigenvalue weighted by Crippen LogP contribution is -2.02. The fraction of sp³-hybridized carbons (Fsp3) is 0.167. The average Bonchev–Trinajstić information content (AvgIpc) is 2.58. The molecule has 17 heavy (non-hydrogen) atoms. The Morgan fingerprint density at radius 2 is 2.24 bits per heavy atom. The summed E-state index contributed by atoms with van der Waals surface area (Å²) in [5, 5.41) is 1.48. The van der Waals surface area contributed by atoms with Crippen molar-refractivity contribution in [3.05, 3.63) is 34.3 Å². The molecule has 0 amide bonds. The van der Waals surface area contributed by atoms with Crippen LogP contribution in [0.1, 0.15) is 11.9 Å². The van der Waals surface area contributed by atoms with E-state index in [1.54, 1.807) is 6.07 Å². The zero-order valence-corrected chi connectivity index (χ0v) is 10.9. The third-order valence-corrected chi connectivity index (χ3v) is 3.27. The highest BCUT2D eigenvalue weighted by Gasteiger charge is 2.14. The van der Waals surface area contributed by atoms with Crippen LogP contribution < -0.4 is 4.74 Å². The van der Waals surface area contributed by atoms with Crippen LogP contribution in [0.25, 0.3) is 10.4 Å². The third kappa shape index (κ3) is 2.84. The minimum Gasteiger partial charge on any atom is -0.406 e. The molecule has 0 aliphatic heterocycles. The minimum absolute atomic E-state index is 0.349. The Labute approximate surface area is 108 Å². The highest BCUT2D eigenvalue weighted by molar-refractivity contribution is 7.15. The molecule has 3 nitrogen and oxygen atoms in total. The third-order valence-electron chi connectivity index (χ3n) is 2.03. The van der Waals surface area contributed by atoms with Crippen molar-refractivity contribution in [2.75, 3.05) is 0 Å². The lowest BCUT2D eigenvalue weighted by atomic mass is 10.2. The Balaban J connectivity index is 2.47. The molecule has 88 valence electrons. The number of esters is 1. The quantitative estimate of drug-likeness (QED) is 0.779. The van der Waals surface area contributed by atoms with Crippen LogP contribution in [-0.2, 0) is 4.79 Å². The maximum absolute atomic E-state index is 11.0. The predicted octanol–water partition coefficient (Wildman–Crippen LogP) is 3.70. The van der Waals surface area contributed by atoms with Gasteiger partial charge in [0.05, 0.1) is 9.88 Å². The first-order valence-electron chi connectivity index (χ1n) is 4.98. The van der Waals surface area contributed by atoms with Gasteiger partial charge in [0, 0.05) is 11.9 Å². The highest BCUT2D eigenvalue weighted by atomic mass is 35.5. The fourth-order valence-corrected chi connectivity index (χ4v) is 2.46. The zero-order valence-electron chi connectivity index (χ0n) is 9.36. The van der Waals surface area contributed by atoms with Crippen LogP contribution in [0.2, 0.25) is 5.02 Å². The molecular weight excluding hydrogens is 258 g/mol. The summed E-state index contributed by atoms with van der Waals surface area (Å²) in [4.78, 5) is 16.0. The number of hydrogen-bond donors (Lipinski definition) is 0. The first-order chi connectivity index (χ1) is 8.06. The number of thiazole rings is 1. The maximum atomic E-state index is 11.0. The number of ether oxygens (including phenoxy) is 1. The largest absolute Gasteiger partial charge is 0.406 e. The van der Waals surface area contributed by atoms with E-state index in [0.29, 0.717) is 10.9 Å². The molecule has 5 heteroatoms. The number of benzene rings is 1. The van der Waals surface area contributed by atoms with E-state index in [-0.39, 0.29) is 5.97 Å². The van der Waals surface area contributed by atoms with Crippen LogP contribution in [0.15, 0.2) is 24.3 Å². The predicted molar refractivity (Wildman–Crippen MR) is 68.6 cm³/mol. The number of halogens is 1. The summed E-state index contributed by atoms with van der Waals surface area (Å²) in [6, 6.07) is 7.38. The lowest BCUT2D eigenvalue weighted by Gasteiger charge is -2.02. The normalized spacial score (nSPS) is 10.3. The van der Waals surface area contributed by atoms with Crippen LogP contribution in [0, 0.1) is 6.92 Å². The minimum atomic E-state index is -0.376. The van der Waals surface area contributed by atoms with Gasteiger partial charge in [-0.05, 0) is 24.6 Å². The van der Waals surface area contributed by atoms with E-state index >= 15 is 0 Å². The monoisotopic (exact) mass is 267 g/mol. The summed E-state index contributed by atoms with van der Waals surface area (Å²) in [6.07, 6.45) is 0. The molecule has 1 heterocycles. The number of carbonyl (C=O) groups excluding carboxylic acids is 1. The average molecular weight is 268 g/mol. The molecule has 0 fully saturated rings. The first kappa shape index (κ1) is 12.1. The smallest absolute Gasteiger partial charge is 0.309 e. The van der Waals surface area contributed by atoms with Crippen molar-refractivity contribution in [2.24, 2.45) is 0 Å². The Morgan fingerprint density at radius 3 is 2.88 bits per heavy atom. The van der Waals surface area contributed by atoms with Gasteiger partial charge in [-0.2, -0.15) is 0 Å². The summed E-state index contributed by atoms with van der Waals surface area (Å²) in [5.74, 6) is -0.0270. The molecule has 2 aromatic rings. The van der Waals surface area contributed by atoms with Crippen LogP contribution in [-0.4, -0.2) is 11.0 Å². The Morgan fingerprint density at radius 1 is 1.47 bits per heavy atom. The van der Waals surface area contributed by atoms with E-state index in [9.17, 15) is 4.79 Å². The maximum Gasteiger partial charge on any atom is 0.309 e. The SMILES string of the molecule is CC(=O)Oc1nc(C)sc1-c1cccc(Cl)c1. The van der Waals surface area contributed by atoms with Gasteiger partial charge in [-0.1, -0.05) is 23.7 Å². The van der Waals surface area contributed by atoms with E-state index in [4.69, 9.17) is 16.3 Å². The number of nitrogens with zero attached hydrogens (tertiary/aromatic N) is 1. The Hall–Kier alpha value is -1.39. The molecule has 1 aromatic carbocycles. The van der Waals surface area contributed by atoms with Gasteiger partial charge < -0.3 is 4.74 Å². The summed E-state index contributed by atoms with van der Waals surface area (Å²) in [7, 11) is 0. The van der Waals surface area contributed by atoms with Crippen LogP contribution in [0.5, 0.6) is 5.88 Å². The molecule has 0 saturated carbocycles. The molecule has 1 aromatic heterocycles. The number of rotatable bonds is 2. The summed E-state index contributed by atoms with van der Waals surface area (Å²) in [6.45, 7) is 3.22. The van der Waals surface area contributed by atoms with Crippen molar-refractivity contribution in [1.29, 1.82) is 0 Å². The van der Waals surface area contributed by atoms with Crippen molar-refractivity contribution < 1.29 is 9.53 Å². The van der Waals surface area contributed by atoms with E-state index in [1.165, 1.54) is 18.3 Å². The Bertz CT molecular complexity index is 565. The standard InChI is InChI=1S/C12H10ClNO2S/c1-7-14-12(16-8(2)15)11(17-7)9-4-3-5-10(13)6-9/h3-6H,1-2H3. The molecule has 0 aliphatic carbocycles. The molecule has 0 unspecified atom stereocenters. The second-order valence-electron chi connectivity index (χ2n) is 3.47. The fourth-order valence-electron chi connectivity index (χ4n) is 1.43. The second-order valence-corrected chi connectivity index (χ2v) is 5.11. The zero-order chi connectivity index (χ0) is 12.4. The van der Waals surface area contributed by atoms with E-state index in [0.717, 1.165) is 15.4 Å². The van der Waals surface area contributed by atoms with Gasteiger partial charge in [-0.15, -0.1) is 11.3 Å². The van der Waals surface area contributed by atoms with Crippen molar-refractivity contribution in [3.63, 3.8) is 0 Å². The summed E-state index contributed by atoms with van der Waals surface area (Å²) >= 11 is 7.41. The van der Waals surface area contributed by atoms with Gasteiger partial charge in [0.25, 0.3) is 0 Å². The Kier molecular flexibility index (Phi) is 3.45. The van der Waals surface area contributed by atoms with Gasteiger partial charge in [0.1, 0.15) is 0 Å². The molecule has 0 spiro atoms. The highest BCUT2D eigenvalue weighted by Crippen LogP contribution is 2.36. The van der Waals surface area contributed by atoms with Crippen molar-refractivity contribution in [2.45, 2.75) is 13.8 Å². The van der Waals surface area contributed by atoms with Gasteiger partial charge in [-0.25, -0.2) is 4.98 Å². The molecular formula is C12H10ClNO2S. The van der Waals surface area contributed by atoms with Crippen LogP contribution in [0.4, 0.5) is 0 Å². The number of hydrogen-bond acceptors (Lipinski definition) is 4. The van der Waals surface area contributed by atoms with Gasteiger partial charge in [0.2, 0.25) is 5.88 Å². The van der Waals surface area contributed by atoms with Gasteiger partial charge in [-0.3, -0.25) is 4.79 Å². The first-order valence-corrected chi connectivity index (χ1v) is 6.17. The molecule has 0 aliphatic rings. The molecule has 0 radical (unpaired) electrons. The van der Waals surface area contributed by atoms with E-state index in [2.05, 4.69) is 4.98 Å². The van der Waals surface area contributed by atoms with E-state index < -0.39 is 0 Å². The molecule has 0 bridgehead atoms. The lowest BCUT2D eigenvalue weighted by molar-refractivity contribution is -0.132. The molecule has 0 N–H and O–H groups in total. The van der Waals surface area contributed by atoms with Crippen LogP contribution >= 0.6 is 22.9 Å². The number of aryl methyl sites for hydroxylation is 1. The molecule has 2 rings (SSSR count). The number of aromatic nitrogens is 1. The van der Waals surface area contributed by atoms with Crippen LogP contribution in [0.3, 0.4) is 0 Å². The molecule has 0 atom stereocenters. The second kappa shape index (κ2) is 4.85. The summed E-state index contributed by atoms with van der Waals surface area (Å²) in [5.41, 5.74) is 0.902. The van der Waals surface area contributed by atoms with Gasteiger partial charge in [0.15, 0.2) is 0 Å².